The Morgan fingerprint density at radius 3 is 2.94 bits per heavy atom. The lowest BCUT2D eigenvalue weighted by atomic mass is 10.3. The Bertz CT molecular complexity index is 634. The van der Waals surface area contributed by atoms with Crippen molar-refractivity contribution in [2.24, 2.45) is 0 Å². The number of aromatic amines is 1. The average Bonchev–Trinajstić information content (AvgIpc) is 2.70. The fraction of sp³-hybridized carbons (Fsp3) is 0.300. The van der Waals surface area contributed by atoms with E-state index >= 15 is 0 Å². The van der Waals surface area contributed by atoms with Gasteiger partial charge in [0.05, 0.1) is 16.8 Å². The molecule has 7 heteroatoms. The number of nitrogen functional groups attached to an aromatic ring is 1. The largest absolute Gasteiger partial charge is 0.399 e. The number of nitrogens with one attached hydrogen (secondary N) is 1. The molecular weight excluding hydrogens is 258 g/mol. The van der Waals surface area contributed by atoms with Gasteiger partial charge in [0.1, 0.15) is 0 Å². The molecule has 2 rings (SSSR count). The van der Waals surface area contributed by atoms with Crippen LogP contribution in [0, 0.1) is 0 Å². The summed E-state index contributed by atoms with van der Waals surface area (Å²) in [4.78, 5) is 6.87. The Morgan fingerprint density at radius 2 is 2.24 bits per heavy atom. The van der Waals surface area contributed by atoms with Crippen LogP contribution in [0.15, 0.2) is 23.4 Å². The number of benzene rings is 1. The number of thioether (sulfide) groups is 1. The summed E-state index contributed by atoms with van der Waals surface area (Å²) in [6.07, 6.45) is 1.87. The van der Waals surface area contributed by atoms with E-state index in [1.807, 2.05) is 6.26 Å². The highest BCUT2D eigenvalue weighted by Crippen LogP contribution is 2.18. The van der Waals surface area contributed by atoms with Crippen molar-refractivity contribution in [3.05, 3.63) is 18.2 Å². The lowest BCUT2D eigenvalue weighted by Gasteiger charge is -1.97. The summed E-state index contributed by atoms with van der Waals surface area (Å²) in [5.74, 6) is 0.644. The smallest absolute Gasteiger partial charge is 0.226 e. The van der Waals surface area contributed by atoms with Crippen LogP contribution >= 0.6 is 11.8 Å². The summed E-state index contributed by atoms with van der Waals surface area (Å²) in [6.45, 7) is 0. The maximum absolute atomic E-state index is 11.9. The van der Waals surface area contributed by atoms with Gasteiger partial charge in [0, 0.05) is 11.4 Å². The number of fused-ring (bicyclic) bond motifs is 1. The van der Waals surface area contributed by atoms with Crippen molar-refractivity contribution < 1.29 is 8.42 Å². The molecule has 0 unspecified atom stereocenters. The summed E-state index contributed by atoms with van der Waals surface area (Å²) in [6, 6.07) is 5.08. The van der Waals surface area contributed by atoms with E-state index in [0.29, 0.717) is 22.5 Å². The first-order chi connectivity index (χ1) is 8.03. The van der Waals surface area contributed by atoms with Crippen LogP contribution in [0.25, 0.3) is 11.0 Å². The Hall–Kier alpha value is -1.21. The van der Waals surface area contributed by atoms with E-state index in [4.69, 9.17) is 5.73 Å². The molecule has 17 heavy (non-hydrogen) atoms. The lowest BCUT2D eigenvalue weighted by molar-refractivity contribution is 0.591. The van der Waals surface area contributed by atoms with Crippen molar-refractivity contribution in [1.82, 2.24) is 9.97 Å². The van der Waals surface area contributed by atoms with Crippen molar-refractivity contribution in [2.75, 3.05) is 23.5 Å². The molecular formula is C10H13N3O2S2. The molecule has 3 N–H and O–H groups in total. The molecule has 0 aliphatic rings. The number of nitrogens with zero attached hydrogens (tertiary/aromatic N) is 1. The number of H-pyrrole nitrogens is 1. The van der Waals surface area contributed by atoms with Gasteiger partial charge < -0.3 is 10.7 Å². The number of hydrogen-bond donors (Lipinski definition) is 2. The highest BCUT2D eigenvalue weighted by Gasteiger charge is 2.18. The molecule has 0 saturated heterocycles. The third kappa shape index (κ3) is 2.55. The van der Waals surface area contributed by atoms with Crippen LogP contribution in [0.1, 0.15) is 0 Å². The van der Waals surface area contributed by atoms with Gasteiger partial charge in [0.2, 0.25) is 15.0 Å². The van der Waals surface area contributed by atoms with Crippen molar-refractivity contribution in [1.29, 1.82) is 0 Å². The van der Waals surface area contributed by atoms with Gasteiger partial charge in [0.15, 0.2) is 0 Å². The second-order valence-electron chi connectivity index (χ2n) is 3.63. The lowest BCUT2D eigenvalue weighted by Crippen LogP contribution is -2.10. The van der Waals surface area contributed by atoms with Crippen LogP contribution in [-0.2, 0) is 9.84 Å². The molecule has 0 atom stereocenters. The maximum atomic E-state index is 11.9. The van der Waals surface area contributed by atoms with Gasteiger partial charge in [0.25, 0.3) is 0 Å². The molecule has 1 aromatic heterocycles. The monoisotopic (exact) mass is 271 g/mol. The summed E-state index contributed by atoms with van der Waals surface area (Å²) in [5, 5.41) is 0.0205. The van der Waals surface area contributed by atoms with E-state index in [0.717, 1.165) is 0 Å². The number of sulfone groups is 1. The number of aromatic nitrogens is 2. The van der Waals surface area contributed by atoms with Gasteiger partial charge in [-0.1, -0.05) is 0 Å². The molecule has 0 spiro atoms. The highest BCUT2D eigenvalue weighted by molar-refractivity contribution is 8.00. The Balaban J connectivity index is 2.43. The minimum absolute atomic E-state index is 0.0205. The van der Waals surface area contributed by atoms with Gasteiger partial charge in [-0.05, 0) is 24.5 Å². The van der Waals surface area contributed by atoms with E-state index in [1.165, 1.54) is 11.8 Å². The molecule has 0 saturated carbocycles. The molecule has 0 aliphatic heterocycles. The number of anilines is 1. The predicted octanol–water partition coefficient (Wildman–Crippen LogP) is 1.28. The molecule has 0 bridgehead atoms. The van der Waals surface area contributed by atoms with Crippen molar-refractivity contribution in [3.8, 4) is 0 Å². The summed E-state index contributed by atoms with van der Waals surface area (Å²) in [7, 11) is -3.33. The first-order valence-electron chi connectivity index (χ1n) is 5.00. The molecule has 0 fully saturated rings. The second-order valence-corrected chi connectivity index (χ2v) is 6.64. The van der Waals surface area contributed by atoms with Crippen molar-refractivity contribution >= 4 is 38.3 Å². The van der Waals surface area contributed by atoms with E-state index in [2.05, 4.69) is 9.97 Å². The van der Waals surface area contributed by atoms with Crippen LogP contribution in [0.4, 0.5) is 5.69 Å². The van der Waals surface area contributed by atoms with Crippen molar-refractivity contribution in [3.63, 3.8) is 0 Å². The summed E-state index contributed by atoms with van der Waals surface area (Å²) < 4.78 is 23.8. The van der Waals surface area contributed by atoms with Gasteiger partial charge >= 0.3 is 0 Å². The zero-order chi connectivity index (χ0) is 12.5. The zero-order valence-corrected chi connectivity index (χ0v) is 10.9. The molecule has 1 aromatic carbocycles. The molecule has 1 heterocycles. The van der Waals surface area contributed by atoms with Crippen LogP contribution in [0.3, 0.4) is 0 Å². The topological polar surface area (TPSA) is 88.8 Å². The van der Waals surface area contributed by atoms with Gasteiger partial charge in [-0.25, -0.2) is 13.4 Å². The number of rotatable bonds is 4. The summed E-state index contributed by atoms with van der Waals surface area (Å²) >= 11 is 1.49. The molecule has 0 aliphatic carbocycles. The molecule has 0 radical (unpaired) electrons. The molecule has 0 amide bonds. The normalized spacial score (nSPS) is 12.1. The summed E-state index contributed by atoms with van der Waals surface area (Å²) in [5.41, 5.74) is 7.46. The fourth-order valence-corrected chi connectivity index (χ4v) is 3.68. The SMILES string of the molecule is CSCCS(=O)(=O)c1nc2ccc(N)cc2[nH]1. The zero-order valence-electron chi connectivity index (χ0n) is 9.30. The second kappa shape index (κ2) is 4.58. The van der Waals surface area contributed by atoms with Crippen LogP contribution < -0.4 is 5.73 Å². The number of hydrogen-bond acceptors (Lipinski definition) is 5. The van der Waals surface area contributed by atoms with E-state index in [-0.39, 0.29) is 10.9 Å². The Morgan fingerprint density at radius 1 is 1.47 bits per heavy atom. The first kappa shape index (κ1) is 12.3. The van der Waals surface area contributed by atoms with Crippen LogP contribution in [0.5, 0.6) is 0 Å². The number of nitrogens with two attached hydrogens (primary N) is 1. The standard InChI is InChI=1S/C10H13N3O2S2/c1-16-4-5-17(14,15)10-12-8-3-2-7(11)6-9(8)13-10/h2-3,6H,4-5,11H2,1H3,(H,12,13). The van der Waals surface area contributed by atoms with Crippen molar-refractivity contribution in [2.45, 2.75) is 5.16 Å². The predicted molar refractivity (Wildman–Crippen MR) is 70.9 cm³/mol. The minimum Gasteiger partial charge on any atom is -0.399 e. The Kier molecular flexibility index (Phi) is 3.30. The molecule has 2 aromatic rings. The number of imidazole rings is 1. The Labute approximate surface area is 104 Å². The average molecular weight is 271 g/mol. The maximum Gasteiger partial charge on any atom is 0.226 e. The van der Waals surface area contributed by atoms with Crippen LogP contribution in [0.2, 0.25) is 0 Å². The quantitative estimate of drug-likeness (QED) is 0.818. The fourth-order valence-electron chi connectivity index (χ4n) is 1.44. The third-order valence-corrected chi connectivity index (χ3v) is 4.73. The van der Waals surface area contributed by atoms with Gasteiger partial charge in [-0.3, -0.25) is 0 Å². The molecule has 92 valence electrons. The van der Waals surface area contributed by atoms with E-state index in [9.17, 15) is 8.42 Å². The van der Waals surface area contributed by atoms with Gasteiger partial charge in [-0.15, -0.1) is 0 Å². The van der Waals surface area contributed by atoms with E-state index < -0.39 is 9.84 Å². The van der Waals surface area contributed by atoms with E-state index in [1.54, 1.807) is 18.2 Å². The highest BCUT2D eigenvalue weighted by atomic mass is 32.2. The first-order valence-corrected chi connectivity index (χ1v) is 8.04. The minimum atomic E-state index is -3.33. The molecule has 5 nitrogen and oxygen atoms in total. The van der Waals surface area contributed by atoms with Gasteiger partial charge in [-0.2, -0.15) is 11.8 Å². The third-order valence-electron chi connectivity index (χ3n) is 2.33. The van der Waals surface area contributed by atoms with Crippen LogP contribution in [-0.4, -0.2) is 36.1 Å².